The van der Waals surface area contributed by atoms with Crippen LogP contribution in [0.15, 0.2) is 72.5 Å². The summed E-state index contributed by atoms with van der Waals surface area (Å²) in [5.74, 6) is 1.10. The smallest absolute Gasteiger partial charge is 0.0205 e. The van der Waals surface area contributed by atoms with Gasteiger partial charge in [-0.3, -0.25) is 0 Å². The van der Waals surface area contributed by atoms with Crippen LogP contribution in [0.4, 0.5) is 0 Å². The standard InChI is InChI=1S/C21H26N2/c1-22-21-10-6-5-9-20(21)16-23-15-17-11-13-19(14-12-17)18-7-3-2-4-8-18/h2-7,10-14,18,20,22-23H,8-9,15-16H2,1H3. The van der Waals surface area contributed by atoms with E-state index in [0.29, 0.717) is 11.8 Å². The molecule has 0 fully saturated rings. The van der Waals surface area contributed by atoms with E-state index in [4.69, 9.17) is 0 Å². The van der Waals surface area contributed by atoms with Crippen LogP contribution in [0.5, 0.6) is 0 Å². The Hall–Kier alpha value is -2.06. The Morgan fingerprint density at radius 3 is 2.57 bits per heavy atom. The Bertz CT molecular complexity index is 620. The highest BCUT2D eigenvalue weighted by molar-refractivity contribution is 5.31. The number of hydrogen-bond acceptors (Lipinski definition) is 2. The number of nitrogens with one attached hydrogen (secondary N) is 2. The van der Waals surface area contributed by atoms with Crippen molar-refractivity contribution in [1.29, 1.82) is 0 Å². The summed E-state index contributed by atoms with van der Waals surface area (Å²) in [6.45, 7) is 1.94. The zero-order chi connectivity index (χ0) is 15.9. The molecule has 2 nitrogen and oxygen atoms in total. The predicted molar refractivity (Wildman–Crippen MR) is 98.2 cm³/mol. The Morgan fingerprint density at radius 1 is 1.00 bits per heavy atom. The molecule has 120 valence electrons. The van der Waals surface area contributed by atoms with Gasteiger partial charge in [0.25, 0.3) is 0 Å². The Kier molecular flexibility index (Phi) is 5.49. The lowest BCUT2D eigenvalue weighted by Crippen LogP contribution is -2.28. The van der Waals surface area contributed by atoms with Crippen LogP contribution in [0.1, 0.15) is 29.9 Å². The van der Waals surface area contributed by atoms with E-state index in [1.807, 2.05) is 7.05 Å². The molecule has 0 amide bonds. The Morgan fingerprint density at radius 2 is 1.83 bits per heavy atom. The van der Waals surface area contributed by atoms with Crippen LogP contribution in [-0.4, -0.2) is 13.6 Å². The van der Waals surface area contributed by atoms with E-state index in [2.05, 4.69) is 77.4 Å². The minimum absolute atomic E-state index is 0.541. The molecule has 2 aliphatic carbocycles. The summed E-state index contributed by atoms with van der Waals surface area (Å²) in [7, 11) is 2.01. The number of benzene rings is 1. The summed E-state index contributed by atoms with van der Waals surface area (Å²) in [5, 5.41) is 6.90. The van der Waals surface area contributed by atoms with Gasteiger partial charge in [-0.25, -0.2) is 0 Å². The molecule has 2 unspecified atom stereocenters. The fourth-order valence-corrected chi connectivity index (χ4v) is 3.26. The van der Waals surface area contributed by atoms with E-state index in [1.165, 1.54) is 16.8 Å². The highest BCUT2D eigenvalue weighted by atomic mass is 14.9. The highest BCUT2D eigenvalue weighted by Gasteiger charge is 2.13. The van der Waals surface area contributed by atoms with Gasteiger partial charge in [0.2, 0.25) is 0 Å². The van der Waals surface area contributed by atoms with E-state index >= 15 is 0 Å². The molecule has 2 atom stereocenters. The summed E-state index contributed by atoms with van der Waals surface area (Å²) in [5.41, 5.74) is 4.09. The fraction of sp³-hybridized carbons (Fsp3) is 0.333. The van der Waals surface area contributed by atoms with Crippen molar-refractivity contribution in [3.8, 4) is 0 Å². The van der Waals surface area contributed by atoms with Gasteiger partial charge in [0.15, 0.2) is 0 Å². The number of allylic oxidation sites excluding steroid dienone is 7. The second-order valence-electron chi connectivity index (χ2n) is 6.26. The fourth-order valence-electron chi connectivity index (χ4n) is 3.26. The zero-order valence-corrected chi connectivity index (χ0v) is 13.8. The van der Waals surface area contributed by atoms with Crippen molar-refractivity contribution in [3.05, 3.63) is 83.6 Å². The topological polar surface area (TPSA) is 24.1 Å². The average molecular weight is 306 g/mol. The highest BCUT2D eigenvalue weighted by Crippen LogP contribution is 2.24. The first-order valence-electron chi connectivity index (χ1n) is 8.54. The van der Waals surface area contributed by atoms with E-state index < -0.39 is 0 Å². The summed E-state index contributed by atoms with van der Waals surface area (Å²) in [6.07, 6.45) is 17.6. The first-order chi connectivity index (χ1) is 11.4. The van der Waals surface area contributed by atoms with Gasteiger partial charge in [-0.15, -0.1) is 0 Å². The van der Waals surface area contributed by atoms with E-state index in [1.54, 1.807) is 0 Å². The molecule has 23 heavy (non-hydrogen) atoms. The Labute approximate surface area is 139 Å². The van der Waals surface area contributed by atoms with Gasteiger partial charge in [-0.05, 0) is 30.0 Å². The second-order valence-corrected chi connectivity index (χ2v) is 6.26. The van der Waals surface area contributed by atoms with Crippen molar-refractivity contribution in [2.24, 2.45) is 5.92 Å². The maximum atomic E-state index is 3.59. The third-order valence-corrected chi connectivity index (χ3v) is 4.67. The average Bonchev–Trinajstić information content (AvgIpc) is 2.63. The van der Waals surface area contributed by atoms with Crippen molar-refractivity contribution in [1.82, 2.24) is 10.6 Å². The first kappa shape index (κ1) is 15.8. The maximum absolute atomic E-state index is 3.59. The minimum Gasteiger partial charge on any atom is -0.391 e. The van der Waals surface area contributed by atoms with Crippen molar-refractivity contribution in [3.63, 3.8) is 0 Å². The zero-order valence-electron chi connectivity index (χ0n) is 13.8. The van der Waals surface area contributed by atoms with Gasteiger partial charge in [-0.2, -0.15) is 0 Å². The van der Waals surface area contributed by atoms with Gasteiger partial charge in [-0.1, -0.05) is 60.7 Å². The van der Waals surface area contributed by atoms with Gasteiger partial charge in [0, 0.05) is 37.7 Å². The van der Waals surface area contributed by atoms with E-state index in [-0.39, 0.29) is 0 Å². The summed E-state index contributed by atoms with van der Waals surface area (Å²) < 4.78 is 0. The molecule has 1 aromatic rings. The third kappa shape index (κ3) is 4.23. The Balaban J connectivity index is 1.49. The lowest BCUT2D eigenvalue weighted by atomic mass is 9.92. The molecule has 0 spiro atoms. The van der Waals surface area contributed by atoms with Crippen molar-refractivity contribution >= 4 is 0 Å². The third-order valence-electron chi connectivity index (χ3n) is 4.67. The lowest BCUT2D eigenvalue weighted by molar-refractivity contribution is 0.514. The SMILES string of the molecule is CNC1=CC=CCC1CNCc1ccc(C2C=CC=CC2)cc1. The van der Waals surface area contributed by atoms with E-state index in [0.717, 1.165) is 25.9 Å². The van der Waals surface area contributed by atoms with Crippen LogP contribution in [0, 0.1) is 5.92 Å². The normalized spacial score (nSPS) is 22.9. The molecule has 0 bridgehead atoms. The monoisotopic (exact) mass is 306 g/mol. The number of rotatable bonds is 6. The molecule has 0 aromatic heterocycles. The van der Waals surface area contributed by atoms with Crippen LogP contribution in [0.2, 0.25) is 0 Å². The molecule has 2 heteroatoms. The summed E-state index contributed by atoms with van der Waals surface area (Å²) >= 11 is 0. The lowest BCUT2D eigenvalue weighted by Gasteiger charge is -2.22. The molecule has 0 saturated carbocycles. The van der Waals surface area contributed by atoms with Gasteiger partial charge < -0.3 is 10.6 Å². The van der Waals surface area contributed by atoms with Crippen LogP contribution >= 0.6 is 0 Å². The molecule has 0 radical (unpaired) electrons. The minimum atomic E-state index is 0.541. The quantitative estimate of drug-likeness (QED) is 0.828. The molecular weight excluding hydrogens is 280 g/mol. The maximum Gasteiger partial charge on any atom is 0.0205 e. The molecule has 2 N–H and O–H groups in total. The molecule has 3 rings (SSSR count). The summed E-state index contributed by atoms with van der Waals surface area (Å²) in [4.78, 5) is 0. The van der Waals surface area contributed by atoms with Crippen molar-refractivity contribution in [2.75, 3.05) is 13.6 Å². The van der Waals surface area contributed by atoms with Crippen LogP contribution < -0.4 is 10.6 Å². The van der Waals surface area contributed by atoms with Gasteiger partial charge in [0.05, 0.1) is 0 Å². The molecule has 2 aliphatic rings. The van der Waals surface area contributed by atoms with Gasteiger partial charge >= 0.3 is 0 Å². The largest absolute Gasteiger partial charge is 0.391 e. The first-order valence-corrected chi connectivity index (χ1v) is 8.54. The number of hydrogen-bond donors (Lipinski definition) is 2. The van der Waals surface area contributed by atoms with Gasteiger partial charge in [0.1, 0.15) is 0 Å². The molecule has 1 aromatic carbocycles. The van der Waals surface area contributed by atoms with Crippen molar-refractivity contribution in [2.45, 2.75) is 25.3 Å². The van der Waals surface area contributed by atoms with Crippen LogP contribution in [-0.2, 0) is 6.54 Å². The van der Waals surface area contributed by atoms with Crippen LogP contribution in [0.25, 0.3) is 0 Å². The summed E-state index contributed by atoms with van der Waals surface area (Å²) in [6, 6.07) is 9.05. The molecule has 0 aliphatic heterocycles. The predicted octanol–water partition coefficient (Wildman–Crippen LogP) is 4.06. The second kappa shape index (κ2) is 7.98. The van der Waals surface area contributed by atoms with Crippen molar-refractivity contribution < 1.29 is 0 Å². The molecular formula is C21H26N2. The van der Waals surface area contributed by atoms with Crippen LogP contribution in [0.3, 0.4) is 0 Å². The molecule has 0 heterocycles. The van der Waals surface area contributed by atoms with E-state index in [9.17, 15) is 0 Å². The molecule has 0 saturated heterocycles.